The van der Waals surface area contributed by atoms with Gasteiger partial charge in [0.05, 0.1) is 10.6 Å². The Morgan fingerprint density at radius 2 is 1.79 bits per heavy atom. The van der Waals surface area contributed by atoms with Gasteiger partial charge in [0.2, 0.25) is 5.60 Å². The molecule has 1 aromatic rings. The molecule has 180 valence electrons. The molecule has 0 aliphatic rings. The van der Waals surface area contributed by atoms with Crippen LogP contribution in [0.25, 0.3) is 0 Å². The number of aldehydes is 1. The summed E-state index contributed by atoms with van der Waals surface area (Å²) >= 11 is 6.04. The number of halogens is 4. The van der Waals surface area contributed by atoms with Gasteiger partial charge in [0.25, 0.3) is 0 Å². The Balaban J connectivity index is 3.19. The highest BCUT2D eigenvalue weighted by molar-refractivity contribution is 6.33. The lowest BCUT2D eigenvalue weighted by Gasteiger charge is -2.28. The molecule has 8 nitrogen and oxygen atoms in total. The van der Waals surface area contributed by atoms with E-state index in [9.17, 15) is 32.3 Å². The summed E-state index contributed by atoms with van der Waals surface area (Å²) in [7, 11) is 1.99. The molecule has 0 N–H and O–H groups in total. The summed E-state index contributed by atoms with van der Waals surface area (Å²) in [5, 5.41) is -0.0926. The van der Waals surface area contributed by atoms with Crippen molar-refractivity contribution in [3.63, 3.8) is 0 Å². The minimum Gasteiger partial charge on any atom is -0.459 e. The van der Waals surface area contributed by atoms with Crippen molar-refractivity contribution in [1.29, 1.82) is 0 Å². The first-order chi connectivity index (χ1) is 15.2. The number of carbonyl (C=O) groups is 4. The number of carbonyl (C=O) groups excluding carboxylic acids is 4. The first-order valence-electron chi connectivity index (χ1n) is 9.22. The predicted octanol–water partition coefficient (Wildman–Crippen LogP) is 4.14. The van der Waals surface area contributed by atoms with Crippen LogP contribution in [0.1, 0.15) is 24.2 Å². The standard InChI is InChI=1S/C21H22ClF3N2O6/c1-6-11-32-18(30)20(2,3)33-17(29)14-12-13(7-8-15(14)22)26(4)19(31)27(5)16(9-10-28)21(23,24)25/h6-10,12H,1,11H2,2-5H3/b16-9-. The summed E-state index contributed by atoms with van der Waals surface area (Å²) in [5.41, 5.74) is -3.44. The smallest absolute Gasteiger partial charge is 0.431 e. The van der Waals surface area contributed by atoms with Crippen LogP contribution in [0.3, 0.4) is 0 Å². The van der Waals surface area contributed by atoms with E-state index in [-0.39, 0.29) is 40.1 Å². The van der Waals surface area contributed by atoms with Crippen molar-refractivity contribution in [2.75, 3.05) is 25.6 Å². The number of anilines is 1. The van der Waals surface area contributed by atoms with Crippen LogP contribution in [-0.4, -0.2) is 61.6 Å². The number of benzene rings is 1. The van der Waals surface area contributed by atoms with E-state index in [1.165, 1.54) is 32.1 Å². The Morgan fingerprint density at radius 1 is 1.18 bits per heavy atom. The van der Waals surface area contributed by atoms with Crippen LogP contribution >= 0.6 is 11.6 Å². The Kier molecular flexibility index (Phi) is 9.23. The molecule has 0 radical (unpaired) electrons. The Morgan fingerprint density at radius 3 is 2.30 bits per heavy atom. The van der Waals surface area contributed by atoms with E-state index < -0.39 is 35.4 Å². The first-order valence-corrected chi connectivity index (χ1v) is 9.60. The van der Waals surface area contributed by atoms with Crippen LogP contribution in [0, 0.1) is 0 Å². The third-order valence-electron chi connectivity index (χ3n) is 4.18. The molecule has 0 saturated carbocycles. The molecule has 1 aromatic carbocycles. The van der Waals surface area contributed by atoms with Gasteiger partial charge in [-0.15, -0.1) is 0 Å². The Labute approximate surface area is 193 Å². The summed E-state index contributed by atoms with van der Waals surface area (Å²) in [4.78, 5) is 48.9. The van der Waals surface area contributed by atoms with Crippen LogP contribution in [-0.2, 0) is 19.1 Å². The zero-order chi connectivity index (χ0) is 25.6. The molecule has 0 heterocycles. The number of allylic oxidation sites excluding steroid dienone is 2. The van der Waals surface area contributed by atoms with Crippen molar-refractivity contribution >= 4 is 41.5 Å². The van der Waals surface area contributed by atoms with E-state index in [4.69, 9.17) is 21.1 Å². The fourth-order valence-corrected chi connectivity index (χ4v) is 2.61. The molecule has 1 rings (SSSR count). The zero-order valence-electron chi connectivity index (χ0n) is 18.2. The maximum atomic E-state index is 13.1. The second kappa shape index (κ2) is 11.0. The van der Waals surface area contributed by atoms with Crippen molar-refractivity contribution in [3.05, 3.63) is 53.2 Å². The molecule has 0 aliphatic heterocycles. The van der Waals surface area contributed by atoms with Gasteiger partial charge in [-0.3, -0.25) is 14.6 Å². The van der Waals surface area contributed by atoms with E-state index in [0.29, 0.717) is 0 Å². The fourth-order valence-electron chi connectivity index (χ4n) is 2.41. The summed E-state index contributed by atoms with van der Waals surface area (Å²) in [6.45, 7) is 5.88. The summed E-state index contributed by atoms with van der Waals surface area (Å²) < 4.78 is 49.5. The lowest BCUT2D eigenvalue weighted by Crippen LogP contribution is -2.42. The van der Waals surface area contributed by atoms with Crippen LogP contribution in [0.4, 0.5) is 23.7 Å². The van der Waals surface area contributed by atoms with E-state index in [0.717, 1.165) is 25.1 Å². The van der Waals surface area contributed by atoms with Gasteiger partial charge < -0.3 is 9.47 Å². The number of alkyl halides is 3. The van der Waals surface area contributed by atoms with E-state index in [2.05, 4.69) is 6.58 Å². The van der Waals surface area contributed by atoms with Gasteiger partial charge >= 0.3 is 24.1 Å². The normalized spacial score (nSPS) is 11.9. The molecule has 12 heteroatoms. The number of hydrogen-bond donors (Lipinski definition) is 0. The first kappa shape index (κ1) is 27.7. The third kappa shape index (κ3) is 7.07. The summed E-state index contributed by atoms with van der Waals surface area (Å²) in [6, 6.07) is 2.46. The molecular formula is C21H22ClF3N2O6. The monoisotopic (exact) mass is 490 g/mol. The molecular weight excluding hydrogens is 469 g/mol. The highest BCUT2D eigenvalue weighted by atomic mass is 35.5. The van der Waals surface area contributed by atoms with Crippen LogP contribution in [0.15, 0.2) is 42.6 Å². The number of ether oxygens (including phenoxy) is 2. The Bertz CT molecular complexity index is 975. The SMILES string of the molecule is C=CCOC(=O)C(C)(C)OC(=O)c1cc(N(C)C(=O)N(C)/C(=C\C=O)C(F)(F)F)ccc1Cl. The average molecular weight is 491 g/mol. The maximum Gasteiger partial charge on any atom is 0.431 e. The molecule has 2 amide bonds. The largest absolute Gasteiger partial charge is 0.459 e. The molecule has 0 unspecified atom stereocenters. The molecule has 0 aromatic heterocycles. The summed E-state index contributed by atoms with van der Waals surface area (Å²) in [5.74, 6) is -1.88. The van der Waals surface area contributed by atoms with Gasteiger partial charge in [0, 0.05) is 25.9 Å². The van der Waals surface area contributed by atoms with Crippen molar-refractivity contribution < 1.29 is 41.8 Å². The minimum atomic E-state index is -4.97. The quantitative estimate of drug-likeness (QED) is 0.235. The molecule has 33 heavy (non-hydrogen) atoms. The summed E-state index contributed by atoms with van der Waals surface area (Å²) in [6.07, 6.45) is -3.52. The third-order valence-corrected chi connectivity index (χ3v) is 4.51. The number of urea groups is 1. The van der Waals surface area contributed by atoms with Crippen LogP contribution in [0.5, 0.6) is 0 Å². The van der Waals surface area contributed by atoms with Crippen LogP contribution < -0.4 is 4.90 Å². The van der Waals surface area contributed by atoms with E-state index in [1.807, 2.05) is 0 Å². The maximum absolute atomic E-state index is 13.1. The van der Waals surface area contributed by atoms with E-state index in [1.54, 1.807) is 0 Å². The molecule has 0 bridgehead atoms. The number of nitrogens with zero attached hydrogens (tertiary/aromatic N) is 2. The van der Waals surface area contributed by atoms with Gasteiger partial charge in [-0.05, 0) is 32.0 Å². The number of hydrogen-bond acceptors (Lipinski definition) is 6. The molecule has 0 aliphatic carbocycles. The van der Waals surface area contributed by atoms with E-state index >= 15 is 0 Å². The fraction of sp³-hybridized carbons (Fsp3) is 0.333. The predicted molar refractivity (Wildman–Crippen MR) is 114 cm³/mol. The highest BCUT2D eigenvalue weighted by Gasteiger charge is 2.39. The van der Waals surface area contributed by atoms with Crippen molar-refractivity contribution in [3.8, 4) is 0 Å². The van der Waals surface area contributed by atoms with Crippen molar-refractivity contribution in [2.24, 2.45) is 0 Å². The topological polar surface area (TPSA) is 93.2 Å². The van der Waals surface area contributed by atoms with Gasteiger partial charge in [-0.25, -0.2) is 14.4 Å². The molecule has 0 atom stereocenters. The molecule has 0 saturated heterocycles. The van der Waals surface area contributed by atoms with Crippen LogP contribution in [0.2, 0.25) is 5.02 Å². The average Bonchev–Trinajstić information content (AvgIpc) is 2.73. The zero-order valence-corrected chi connectivity index (χ0v) is 19.0. The Hall–Kier alpha value is -3.34. The minimum absolute atomic E-state index is 0.0112. The lowest BCUT2D eigenvalue weighted by atomic mass is 10.1. The number of esters is 2. The van der Waals surface area contributed by atoms with Gasteiger partial charge in [0.1, 0.15) is 18.6 Å². The second-order valence-electron chi connectivity index (χ2n) is 7.04. The van der Waals surface area contributed by atoms with Crippen molar-refractivity contribution in [2.45, 2.75) is 25.6 Å². The molecule has 0 fully saturated rings. The molecule has 0 spiro atoms. The number of rotatable bonds is 8. The van der Waals surface area contributed by atoms with Gasteiger partial charge in [0.15, 0.2) is 0 Å². The lowest BCUT2D eigenvalue weighted by molar-refractivity contribution is -0.161. The second-order valence-corrected chi connectivity index (χ2v) is 7.44. The van der Waals surface area contributed by atoms with Gasteiger partial charge in [-0.2, -0.15) is 13.2 Å². The highest BCUT2D eigenvalue weighted by Crippen LogP contribution is 2.30. The number of amides is 2. The van der Waals surface area contributed by atoms with Gasteiger partial charge in [-0.1, -0.05) is 24.3 Å². The van der Waals surface area contributed by atoms with Crippen molar-refractivity contribution in [1.82, 2.24) is 4.90 Å².